The third kappa shape index (κ3) is 2.79. The molecule has 0 unspecified atom stereocenters. The largest absolute Gasteiger partial charge is 0.371 e. The minimum absolute atomic E-state index is 0.851. The van der Waals surface area contributed by atoms with Crippen LogP contribution in [0.5, 0.6) is 0 Å². The Bertz CT molecular complexity index is 427. The summed E-state index contributed by atoms with van der Waals surface area (Å²) in [5.74, 6) is 0. The lowest BCUT2D eigenvalue weighted by Crippen LogP contribution is -2.44. The summed E-state index contributed by atoms with van der Waals surface area (Å²) < 4.78 is 0. The number of hydrogen-bond donors (Lipinski definition) is 0. The van der Waals surface area contributed by atoms with E-state index in [1.165, 1.54) is 68.7 Å². The Hall–Kier alpha value is -1.02. The molecular weight excluding hydrogens is 232 g/mol. The molecule has 0 bridgehead atoms. The maximum absolute atomic E-state index is 2.72. The first-order valence-corrected chi connectivity index (χ1v) is 7.80. The van der Waals surface area contributed by atoms with E-state index in [2.05, 4.69) is 41.8 Å². The molecule has 0 saturated carbocycles. The number of likely N-dealkylation sites (tertiary alicyclic amines) is 1. The Kier molecular flexibility index (Phi) is 3.79. The van der Waals surface area contributed by atoms with Gasteiger partial charge in [0, 0.05) is 24.8 Å². The molecule has 0 aliphatic carbocycles. The predicted molar refractivity (Wildman–Crippen MR) is 82.0 cm³/mol. The first-order valence-electron chi connectivity index (χ1n) is 7.80. The SMILES string of the molecule is Cc1ccc(N2CCC(N3CCCC3)CC2)c(C)c1. The molecule has 1 aromatic carbocycles. The molecule has 2 heteroatoms. The highest BCUT2D eigenvalue weighted by atomic mass is 15.2. The van der Waals surface area contributed by atoms with Crippen molar-refractivity contribution in [3.8, 4) is 0 Å². The Morgan fingerprint density at radius 2 is 1.63 bits per heavy atom. The van der Waals surface area contributed by atoms with Crippen LogP contribution in [0.15, 0.2) is 18.2 Å². The van der Waals surface area contributed by atoms with Gasteiger partial charge in [-0.2, -0.15) is 0 Å². The lowest BCUT2D eigenvalue weighted by molar-refractivity contribution is 0.208. The number of piperidine rings is 1. The molecule has 104 valence electrons. The van der Waals surface area contributed by atoms with E-state index in [1.54, 1.807) is 0 Å². The first kappa shape index (κ1) is 13.0. The van der Waals surface area contributed by atoms with Gasteiger partial charge in [0.15, 0.2) is 0 Å². The summed E-state index contributed by atoms with van der Waals surface area (Å²) in [4.78, 5) is 5.31. The van der Waals surface area contributed by atoms with Gasteiger partial charge in [-0.3, -0.25) is 0 Å². The number of aryl methyl sites for hydroxylation is 2. The van der Waals surface area contributed by atoms with Crippen LogP contribution in [-0.2, 0) is 0 Å². The molecule has 2 saturated heterocycles. The van der Waals surface area contributed by atoms with Crippen LogP contribution in [0.1, 0.15) is 36.8 Å². The second-order valence-electron chi connectivity index (χ2n) is 6.25. The molecule has 19 heavy (non-hydrogen) atoms. The molecule has 2 nitrogen and oxygen atoms in total. The average Bonchev–Trinajstić information content (AvgIpc) is 2.93. The van der Waals surface area contributed by atoms with Crippen molar-refractivity contribution < 1.29 is 0 Å². The van der Waals surface area contributed by atoms with Crippen molar-refractivity contribution in [1.29, 1.82) is 0 Å². The van der Waals surface area contributed by atoms with Gasteiger partial charge in [-0.1, -0.05) is 17.7 Å². The zero-order valence-corrected chi connectivity index (χ0v) is 12.4. The van der Waals surface area contributed by atoms with Gasteiger partial charge in [0.05, 0.1) is 0 Å². The van der Waals surface area contributed by atoms with Gasteiger partial charge in [0.25, 0.3) is 0 Å². The smallest absolute Gasteiger partial charge is 0.0396 e. The zero-order chi connectivity index (χ0) is 13.2. The van der Waals surface area contributed by atoms with Crippen LogP contribution in [0.4, 0.5) is 5.69 Å². The van der Waals surface area contributed by atoms with Crippen LogP contribution in [0, 0.1) is 13.8 Å². The van der Waals surface area contributed by atoms with Crippen LogP contribution in [-0.4, -0.2) is 37.1 Å². The van der Waals surface area contributed by atoms with Gasteiger partial charge in [-0.15, -0.1) is 0 Å². The van der Waals surface area contributed by atoms with Gasteiger partial charge in [-0.05, 0) is 64.3 Å². The molecule has 0 atom stereocenters. The van der Waals surface area contributed by atoms with Crippen molar-refractivity contribution in [1.82, 2.24) is 4.90 Å². The fourth-order valence-electron chi connectivity index (χ4n) is 3.74. The highest BCUT2D eigenvalue weighted by molar-refractivity contribution is 5.54. The van der Waals surface area contributed by atoms with Crippen molar-refractivity contribution in [2.24, 2.45) is 0 Å². The fourth-order valence-corrected chi connectivity index (χ4v) is 3.74. The molecule has 0 radical (unpaired) electrons. The number of rotatable bonds is 2. The van der Waals surface area contributed by atoms with Gasteiger partial charge < -0.3 is 9.80 Å². The molecule has 0 N–H and O–H groups in total. The summed E-state index contributed by atoms with van der Waals surface area (Å²) in [7, 11) is 0. The van der Waals surface area contributed by atoms with Crippen molar-refractivity contribution in [3.63, 3.8) is 0 Å². The van der Waals surface area contributed by atoms with E-state index in [0.717, 1.165) is 6.04 Å². The topological polar surface area (TPSA) is 6.48 Å². The molecule has 2 aliphatic heterocycles. The van der Waals surface area contributed by atoms with Crippen molar-refractivity contribution in [2.45, 2.75) is 45.6 Å². The summed E-state index contributed by atoms with van der Waals surface area (Å²) in [6.45, 7) is 9.56. The van der Waals surface area contributed by atoms with Gasteiger partial charge >= 0.3 is 0 Å². The quantitative estimate of drug-likeness (QED) is 0.802. The zero-order valence-electron chi connectivity index (χ0n) is 12.4. The summed E-state index contributed by atoms with van der Waals surface area (Å²) in [6.07, 6.45) is 5.51. The predicted octanol–water partition coefficient (Wildman–Crippen LogP) is 3.37. The van der Waals surface area contributed by atoms with E-state index >= 15 is 0 Å². The van der Waals surface area contributed by atoms with Gasteiger partial charge in [-0.25, -0.2) is 0 Å². The van der Waals surface area contributed by atoms with E-state index < -0.39 is 0 Å². The Labute approximate surface area is 117 Å². The molecule has 2 heterocycles. The molecule has 0 spiro atoms. The second kappa shape index (κ2) is 5.54. The van der Waals surface area contributed by atoms with Crippen molar-refractivity contribution in [2.75, 3.05) is 31.1 Å². The molecule has 1 aromatic rings. The van der Waals surface area contributed by atoms with Crippen LogP contribution < -0.4 is 4.90 Å². The van der Waals surface area contributed by atoms with E-state index in [4.69, 9.17) is 0 Å². The highest BCUT2D eigenvalue weighted by Crippen LogP contribution is 2.27. The lowest BCUT2D eigenvalue weighted by Gasteiger charge is -2.38. The van der Waals surface area contributed by atoms with Crippen molar-refractivity contribution in [3.05, 3.63) is 29.3 Å². The summed E-state index contributed by atoms with van der Waals surface area (Å²) in [5, 5.41) is 0. The van der Waals surface area contributed by atoms with E-state index in [-0.39, 0.29) is 0 Å². The van der Waals surface area contributed by atoms with E-state index in [1.807, 2.05) is 0 Å². The van der Waals surface area contributed by atoms with E-state index in [9.17, 15) is 0 Å². The minimum atomic E-state index is 0.851. The third-order valence-electron chi connectivity index (χ3n) is 4.81. The van der Waals surface area contributed by atoms with Crippen LogP contribution in [0.2, 0.25) is 0 Å². The third-order valence-corrected chi connectivity index (χ3v) is 4.81. The minimum Gasteiger partial charge on any atom is -0.371 e. The molecule has 3 rings (SSSR count). The summed E-state index contributed by atoms with van der Waals surface area (Å²) >= 11 is 0. The average molecular weight is 258 g/mol. The van der Waals surface area contributed by atoms with Crippen LogP contribution >= 0.6 is 0 Å². The second-order valence-corrected chi connectivity index (χ2v) is 6.25. The number of benzene rings is 1. The summed E-state index contributed by atoms with van der Waals surface area (Å²) in [6, 6.07) is 7.71. The van der Waals surface area contributed by atoms with Crippen molar-refractivity contribution >= 4 is 5.69 Å². The molecule has 2 fully saturated rings. The summed E-state index contributed by atoms with van der Waals surface area (Å²) in [5.41, 5.74) is 4.25. The maximum atomic E-state index is 2.72. The fraction of sp³-hybridized carbons (Fsp3) is 0.647. The highest BCUT2D eigenvalue weighted by Gasteiger charge is 2.26. The van der Waals surface area contributed by atoms with Gasteiger partial charge in [0.2, 0.25) is 0 Å². The first-order chi connectivity index (χ1) is 9.24. The normalized spacial score (nSPS) is 22.1. The molecule has 0 aromatic heterocycles. The standard InChI is InChI=1S/C17H26N2/c1-14-5-6-17(15(2)13-14)19-11-7-16(8-12-19)18-9-3-4-10-18/h5-6,13,16H,3-4,7-12H2,1-2H3. The van der Waals surface area contributed by atoms with Crippen LogP contribution in [0.25, 0.3) is 0 Å². The van der Waals surface area contributed by atoms with Crippen LogP contribution in [0.3, 0.4) is 0 Å². The Morgan fingerprint density at radius 1 is 0.947 bits per heavy atom. The maximum Gasteiger partial charge on any atom is 0.0396 e. The molecule has 2 aliphatic rings. The molecule has 0 amide bonds. The number of anilines is 1. The Morgan fingerprint density at radius 3 is 2.26 bits per heavy atom. The lowest BCUT2D eigenvalue weighted by atomic mass is 10.0. The Balaban J connectivity index is 1.63. The number of nitrogens with zero attached hydrogens (tertiary/aromatic N) is 2. The van der Waals surface area contributed by atoms with E-state index in [0.29, 0.717) is 0 Å². The van der Waals surface area contributed by atoms with Gasteiger partial charge in [0.1, 0.15) is 0 Å². The monoisotopic (exact) mass is 258 g/mol. The molecular formula is C17H26N2. The number of hydrogen-bond acceptors (Lipinski definition) is 2.